The molecule has 2 rings (SSSR count). The average Bonchev–Trinajstić information content (AvgIpc) is 2.66. The lowest BCUT2D eigenvalue weighted by molar-refractivity contribution is -0.384. The van der Waals surface area contributed by atoms with E-state index in [1.165, 1.54) is 43.3 Å². The highest BCUT2D eigenvalue weighted by Gasteiger charge is 2.19. The second-order valence-corrected chi connectivity index (χ2v) is 5.39. The molecule has 10 heteroatoms. The third kappa shape index (κ3) is 5.14. The molecule has 2 aromatic rings. The van der Waals surface area contributed by atoms with Gasteiger partial charge in [0.1, 0.15) is 11.6 Å². The number of anilines is 1. The Morgan fingerprint density at radius 2 is 1.81 bits per heavy atom. The fourth-order valence-corrected chi connectivity index (χ4v) is 2.11. The smallest absolute Gasteiger partial charge is 0.279 e. The molecular formula is C17H17FN4O5. The van der Waals surface area contributed by atoms with Crippen LogP contribution in [0.4, 0.5) is 15.8 Å². The first-order chi connectivity index (χ1) is 12.8. The van der Waals surface area contributed by atoms with Crippen molar-refractivity contribution in [1.82, 2.24) is 10.9 Å². The summed E-state index contributed by atoms with van der Waals surface area (Å²) in [6, 6.07) is 8.81. The van der Waals surface area contributed by atoms with Crippen molar-refractivity contribution >= 4 is 23.2 Å². The van der Waals surface area contributed by atoms with Crippen LogP contribution in [0.2, 0.25) is 0 Å². The minimum atomic E-state index is -0.982. The van der Waals surface area contributed by atoms with Gasteiger partial charge in [0.15, 0.2) is 6.10 Å². The summed E-state index contributed by atoms with van der Waals surface area (Å²) in [5, 5.41) is 13.6. The summed E-state index contributed by atoms with van der Waals surface area (Å²) in [5.74, 6) is -1.57. The van der Waals surface area contributed by atoms with Crippen molar-refractivity contribution in [2.24, 2.45) is 0 Å². The van der Waals surface area contributed by atoms with Crippen molar-refractivity contribution in [2.45, 2.75) is 13.0 Å². The van der Waals surface area contributed by atoms with Crippen molar-refractivity contribution in [3.8, 4) is 5.75 Å². The van der Waals surface area contributed by atoms with E-state index >= 15 is 0 Å². The van der Waals surface area contributed by atoms with Gasteiger partial charge in [-0.2, -0.15) is 0 Å². The van der Waals surface area contributed by atoms with Crippen LogP contribution in [0, 0.1) is 15.9 Å². The Balaban J connectivity index is 1.99. The number of carbonyl (C=O) groups is 2. The third-order valence-electron chi connectivity index (χ3n) is 3.52. The molecule has 0 heterocycles. The summed E-state index contributed by atoms with van der Waals surface area (Å²) in [6.07, 6.45) is -0.982. The van der Waals surface area contributed by atoms with Crippen molar-refractivity contribution in [3.05, 3.63) is 64.0 Å². The van der Waals surface area contributed by atoms with Gasteiger partial charge in [-0.1, -0.05) is 0 Å². The number of halogens is 1. The molecule has 0 aliphatic rings. The maximum Gasteiger partial charge on any atom is 0.279 e. The maximum atomic E-state index is 12.9. The number of nitrogens with zero attached hydrogens (tertiary/aromatic N) is 1. The summed E-state index contributed by atoms with van der Waals surface area (Å²) in [4.78, 5) is 34.5. The number of rotatable bonds is 6. The Hall–Kier alpha value is -3.69. The van der Waals surface area contributed by atoms with Crippen LogP contribution in [0.25, 0.3) is 0 Å². The number of amides is 2. The summed E-state index contributed by atoms with van der Waals surface area (Å²) in [6.45, 7) is 1.44. The molecule has 9 nitrogen and oxygen atoms in total. The van der Waals surface area contributed by atoms with E-state index in [1.54, 1.807) is 7.05 Å². The molecule has 0 saturated carbocycles. The number of nitro groups is 1. The van der Waals surface area contributed by atoms with E-state index in [0.717, 1.165) is 6.07 Å². The van der Waals surface area contributed by atoms with Crippen LogP contribution in [0.5, 0.6) is 5.75 Å². The SMILES string of the molecule is CNc1ccc([N+](=O)[O-])cc1C(=O)NNC(=O)C(C)Oc1ccc(F)cc1. The molecule has 0 spiro atoms. The topological polar surface area (TPSA) is 123 Å². The van der Waals surface area contributed by atoms with Gasteiger partial charge < -0.3 is 10.1 Å². The molecule has 2 amide bonds. The molecule has 1 atom stereocenters. The van der Waals surface area contributed by atoms with Crippen LogP contribution < -0.4 is 20.9 Å². The summed E-state index contributed by atoms with van der Waals surface area (Å²) < 4.78 is 18.2. The highest BCUT2D eigenvalue weighted by atomic mass is 19.1. The number of ether oxygens (including phenoxy) is 1. The van der Waals surface area contributed by atoms with E-state index in [4.69, 9.17) is 4.74 Å². The van der Waals surface area contributed by atoms with Crippen LogP contribution in [-0.4, -0.2) is 29.9 Å². The molecule has 27 heavy (non-hydrogen) atoms. The molecule has 142 valence electrons. The highest BCUT2D eigenvalue weighted by Crippen LogP contribution is 2.21. The first kappa shape index (κ1) is 19.6. The molecular weight excluding hydrogens is 359 g/mol. The molecule has 0 saturated heterocycles. The van der Waals surface area contributed by atoms with E-state index in [9.17, 15) is 24.1 Å². The predicted molar refractivity (Wildman–Crippen MR) is 94.7 cm³/mol. The molecule has 0 aliphatic carbocycles. The van der Waals surface area contributed by atoms with Gasteiger partial charge in [0.2, 0.25) is 0 Å². The van der Waals surface area contributed by atoms with Gasteiger partial charge in [0, 0.05) is 24.9 Å². The Labute approximate surface area is 153 Å². The van der Waals surface area contributed by atoms with Crippen molar-refractivity contribution < 1.29 is 23.6 Å². The quantitative estimate of drug-likeness (QED) is 0.523. The lowest BCUT2D eigenvalue weighted by Crippen LogP contribution is -2.47. The van der Waals surface area contributed by atoms with Gasteiger partial charge in [-0.15, -0.1) is 0 Å². The van der Waals surface area contributed by atoms with Crippen LogP contribution in [0.1, 0.15) is 17.3 Å². The Morgan fingerprint density at radius 1 is 1.15 bits per heavy atom. The average molecular weight is 376 g/mol. The molecule has 0 fully saturated rings. The van der Waals surface area contributed by atoms with E-state index in [0.29, 0.717) is 5.69 Å². The Kier molecular flexibility index (Phi) is 6.26. The fraction of sp³-hybridized carbons (Fsp3) is 0.176. The second-order valence-electron chi connectivity index (χ2n) is 5.39. The molecule has 0 radical (unpaired) electrons. The zero-order valence-electron chi connectivity index (χ0n) is 14.5. The van der Waals surface area contributed by atoms with Crippen molar-refractivity contribution in [3.63, 3.8) is 0 Å². The fourth-order valence-electron chi connectivity index (χ4n) is 2.11. The lowest BCUT2D eigenvalue weighted by Gasteiger charge is -2.15. The van der Waals surface area contributed by atoms with E-state index in [1.807, 2.05) is 0 Å². The molecule has 2 aromatic carbocycles. The second kappa shape index (κ2) is 8.61. The molecule has 0 aliphatic heterocycles. The predicted octanol–water partition coefficient (Wildman–Crippen LogP) is 2.00. The molecule has 0 aromatic heterocycles. The van der Waals surface area contributed by atoms with E-state index in [-0.39, 0.29) is 17.0 Å². The van der Waals surface area contributed by atoms with Crippen LogP contribution >= 0.6 is 0 Å². The number of hydrogen-bond acceptors (Lipinski definition) is 6. The van der Waals surface area contributed by atoms with Crippen molar-refractivity contribution in [2.75, 3.05) is 12.4 Å². The third-order valence-corrected chi connectivity index (χ3v) is 3.52. The van der Waals surface area contributed by atoms with Crippen LogP contribution in [0.15, 0.2) is 42.5 Å². The van der Waals surface area contributed by atoms with Crippen LogP contribution in [-0.2, 0) is 4.79 Å². The monoisotopic (exact) mass is 376 g/mol. The first-order valence-electron chi connectivity index (χ1n) is 7.80. The Morgan fingerprint density at radius 3 is 2.41 bits per heavy atom. The minimum Gasteiger partial charge on any atom is -0.481 e. The largest absolute Gasteiger partial charge is 0.481 e. The number of nitro benzene ring substituents is 1. The number of non-ortho nitro benzene ring substituents is 1. The lowest BCUT2D eigenvalue weighted by atomic mass is 10.1. The number of nitrogens with one attached hydrogen (secondary N) is 3. The van der Waals surface area contributed by atoms with Gasteiger partial charge in [0.05, 0.1) is 10.5 Å². The normalized spacial score (nSPS) is 11.2. The zero-order valence-corrected chi connectivity index (χ0v) is 14.5. The molecule has 0 bridgehead atoms. The number of benzene rings is 2. The summed E-state index contributed by atoms with van der Waals surface area (Å²) >= 11 is 0. The number of carbonyl (C=O) groups excluding carboxylic acids is 2. The molecule has 3 N–H and O–H groups in total. The molecule has 1 unspecified atom stereocenters. The van der Waals surface area contributed by atoms with Gasteiger partial charge in [-0.05, 0) is 37.3 Å². The zero-order chi connectivity index (χ0) is 20.0. The number of hydrogen-bond donors (Lipinski definition) is 3. The van der Waals surface area contributed by atoms with Crippen molar-refractivity contribution in [1.29, 1.82) is 0 Å². The van der Waals surface area contributed by atoms with Gasteiger partial charge >= 0.3 is 0 Å². The standard InChI is InChI=1S/C17H17FN4O5/c1-10(27-13-6-3-11(18)4-7-13)16(23)20-21-17(24)14-9-12(22(25)26)5-8-15(14)19-2/h3-10,19H,1-2H3,(H,20,23)(H,21,24). The maximum absolute atomic E-state index is 12.9. The summed E-state index contributed by atoms with van der Waals surface area (Å²) in [5.41, 5.74) is 4.42. The number of hydrazine groups is 1. The van der Waals surface area contributed by atoms with E-state index < -0.39 is 28.7 Å². The van der Waals surface area contributed by atoms with Crippen LogP contribution in [0.3, 0.4) is 0 Å². The summed E-state index contributed by atoms with van der Waals surface area (Å²) in [7, 11) is 1.55. The van der Waals surface area contributed by atoms with Gasteiger partial charge in [-0.25, -0.2) is 4.39 Å². The minimum absolute atomic E-state index is 0.0147. The van der Waals surface area contributed by atoms with Gasteiger partial charge in [-0.3, -0.25) is 30.6 Å². The first-order valence-corrected chi connectivity index (χ1v) is 7.80. The van der Waals surface area contributed by atoms with E-state index in [2.05, 4.69) is 16.2 Å². The highest BCUT2D eigenvalue weighted by molar-refractivity contribution is 6.01. The van der Waals surface area contributed by atoms with Gasteiger partial charge in [0.25, 0.3) is 17.5 Å². The Bertz CT molecular complexity index is 857.